The quantitative estimate of drug-likeness (QED) is 0.835. The van der Waals surface area contributed by atoms with Gasteiger partial charge in [-0.1, -0.05) is 19.8 Å². The maximum atomic E-state index is 12.6. The van der Waals surface area contributed by atoms with Crippen molar-refractivity contribution in [1.29, 1.82) is 0 Å². The molecule has 0 radical (unpaired) electrons. The summed E-state index contributed by atoms with van der Waals surface area (Å²) < 4.78 is 1.51. The lowest BCUT2D eigenvalue weighted by Crippen LogP contribution is -2.27. The monoisotopic (exact) mass is 249 g/mol. The van der Waals surface area contributed by atoms with Crippen molar-refractivity contribution in [3.05, 3.63) is 23.5 Å². The van der Waals surface area contributed by atoms with Gasteiger partial charge >= 0.3 is 5.97 Å². The Hall–Kier alpha value is -1.58. The van der Waals surface area contributed by atoms with Crippen LogP contribution in [0, 0.1) is 5.41 Å². The number of carboxylic acid groups (broad SMARTS) is 1. The number of ketones is 1. The van der Waals surface area contributed by atoms with Crippen LogP contribution in [0.25, 0.3) is 0 Å². The Labute approximate surface area is 107 Å². The van der Waals surface area contributed by atoms with Crippen molar-refractivity contribution in [3.8, 4) is 0 Å². The zero-order valence-electron chi connectivity index (χ0n) is 10.9. The third-order valence-electron chi connectivity index (χ3n) is 4.21. The fourth-order valence-corrected chi connectivity index (χ4v) is 3.00. The first-order valence-electron chi connectivity index (χ1n) is 6.44. The lowest BCUT2D eigenvalue weighted by molar-refractivity contribution is 0.0686. The van der Waals surface area contributed by atoms with Gasteiger partial charge in [-0.3, -0.25) is 4.79 Å². The number of aryl methyl sites for hydroxylation is 1. The Morgan fingerprint density at radius 1 is 1.39 bits per heavy atom. The summed E-state index contributed by atoms with van der Waals surface area (Å²) >= 11 is 0. The van der Waals surface area contributed by atoms with Crippen LogP contribution >= 0.6 is 0 Å². The minimum Gasteiger partial charge on any atom is -0.477 e. The molecule has 98 valence electrons. The fraction of sp³-hybridized carbons (Fsp3) is 0.571. The van der Waals surface area contributed by atoms with E-state index in [0.29, 0.717) is 5.56 Å². The lowest BCUT2D eigenvalue weighted by Gasteiger charge is -2.25. The maximum Gasteiger partial charge on any atom is 0.352 e. The third-order valence-corrected chi connectivity index (χ3v) is 4.21. The summed E-state index contributed by atoms with van der Waals surface area (Å²) in [5, 5.41) is 9.02. The number of carbonyl (C=O) groups excluding carboxylic acids is 1. The molecule has 0 amide bonds. The zero-order valence-corrected chi connectivity index (χ0v) is 10.9. The highest BCUT2D eigenvalue weighted by atomic mass is 16.4. The molecule has 0 aromatic carbocycles. The molecule has 1 heterocycles. The van der Waals surface area contributed by atoms with E-state index in [1.807, 2.05) is 6.92 Å². The van der Waals surface area contributed by atoms with Crippen LogP contribution in [0.3, 0.4) is 0 Å². The van der Waals surface area contributed by atoms with E-state index in [-0.39, 0.29) is 16.9 Å². The van der Waals surface area contributed by atoms with Crippen molar-refractivity contribution < 1.29 is 14.7 Å². The van der Waals surface area contributed by atoms with Gasteiger partial charge in [0.25, 0.3) is 0 Å². The second-order valence-corrected chi connectivity index (χ2v) is 5.20. The third kappa shape index (κ3) is 1.96. The van der Waals surface area contributed by atoms with Gasteiger partial charge in [-0.05, 0) is 25.3 Å². The van der Waals surface area contributed by atoms with E-state index in [0.717, 1.165) is 32.1 Å². The molecule has 1 aliphatic carbocycles. The van der Waals surface area contributed by atoms with E-state index in [9.17, 15) is 9.59 Å². The number of hydrogen-bond acceptors (Lipinski definition) is 2. The minimum absolute atomic E-state index is 0.116. The Morgan fingerprint density at radius 3 is 2.44 bits per heavy atom. The molecule has 0 aliphatic heterocycles. The molecule has 2 rings (SSSR count). The maximum absolute atomic E-state index is 12.6. The smallest absolute Gasteiger partial charge is 0.352 e. The Balaban J connectivity index is 2.34. The first-order valence-corrected chi connectivity index (χ1v) is 6.44. The Bertz CT molecular complexity index is 481. The van der Waals surface area contributed by atoms with Crippen LogP contribution in [-0.2, 0) is 7.05 Å². The van der Waals surface area contributed by atoms with Gasteiger partial charge in [0.2, 0.25) is 0 Å². The summed E-state index contributed by atoms with van der Waals surface area (Å²) in [6.45, 7) is 2.05. The SMILES string of the molecule is CCC1(C(=O)c2cc(C(=O)O)n(C)c2)CCCC1. The lowest BCUT2D eigenvalue weighted by atomic mass is 9.77. The van der Waals surface area contributed by atoms with Crippen molar-refractivity contribution in [2.45, 2.75) is 39.0 Å². The number of Topliss-reactive ketones (excluding diaryl/α,β-unsaturated/α-hetero) is 1. The first kappa shape index (κ1) is 12.9. The molecule has 1 saturated carbocycles. The van der Waals surface area contributed by atoms with Gasteiger partial charge in [-0.15, -0.1) is 0 Å². The molecule has 1 aliphatic rings. The molecule has 0 bridgehead atoms. The van der Waals surface area contributed by atoms with Crippen molar-refractivity contribution in [2.24, 2.45) is 12.5 Å². The molecule has 4 nitrogen and oxygen atoms in total. The summed E-state index contributed by atoms with van der Waals surface area (Å²) in [5.41, 5.74) is 0.457. The molecule has 4 heteroatoms. The molecule has 1 aromatic rings. The highest BCUT2D eigenvalue weighted by Crippen LogP contribution is 2.43. The van der Waals surface area contributed by atoms with Crippen LogP contribution in [0.4, 0.5) is 0 Å². The number of carboxylic acids is 1. The highest BCUT2D eigenvalue weighted by molar-refractivity contribution is 6.02. The van der Waals surface area contributed by atoms with Crippen LogP contribution < -0.4 is 0 Å². The summed E-state index contributed by atoms with van der Waals surface area (Å²) in [5.74, 6) is -0.876. The number of hydrogen-bond donors (Lipinski definition) is 1. The summed E-state index contributed by atoms with van der Waals surface area (Å²) in [6, 6.07) is 1.50. The van der Waals surface area contributed by atoms with Gasteiger partial charge in [-0.25, -0.2) is 4.79 Å². The highest BCUT2D eigenvalue weighted by Gasteiger charge is 2.40. The van der Waals surface area contributed by atoms with Crippen LogP contribution in [0.2, 0.25) is 0 Å². The number of aromatic nitrogens is 1. The molecule has 1 fully saturated rings. The molecular formula is C14H19NO3. The van der Waals surface area contributed by atoms with E-state index < -0.39 is 5.97 Å². The van der Waals surface area contributed by atoms with Gasteiger partial charge in [0.05, 0.1) is 0 Å². The van der Waals surface area contributed by atoms with Crippen molar-refractivity contribution in [2.75, 3.05) is 0 Å². The second-order valence-electron chi connectivity index (χ2n) is 5.20. The van der Waals surface area contributed by atoms with Crippen LogP contribution in [0.15, 0.2) is 12.3 Å². The number of carbonyl (C=O) groups is 2. The molecule has 0 atom stereocenters. The van der Waals surface area contributed by atoms with Crippen molar-refractivity contribution >= 4 is 11.8 Å². The molecular weight excluding hydrogens is 230 g/mol. The number of nitrogens with zero attached hydrogens (tertiary/aromatic N) is 1. The van der Waals surface area contributed by atoms with Crippen LogP contribution in [-0.4, -0.2) is 21.4 Å². The Kier molecular flexibility index (Phi) is 3.28. The van der Waals surface area contributed by atoms with Gasteiger partial charge < -0.3 is 9.67 Å². The van der Waals surface area contributed by atoms with E-state index in [1.165, 1.54) is 10.6 Å². The fourth-order valence-electron chi connectivity index (χ4n) is 3.00. The molecule has 18 heavy (non-hydrogen) atoms. The topological polar surface area (TPSA) is 59.3 Å². The summed E-state index contributed by atoms with van der Waals surface area (Å²) in [4.78, 5) is 23.6. The predicted octanol–water partition coefficient (Wildman–Crippen LogP) is 2.88. The van der Waals surface area contributed by atoms with Gasteiger partial charge in [0, 0.05) is 24.2 Å². The molecule has 0 spiro atoms. The van der Waals surface area contributed by atoms with E-state index in [2.05, 4.69) is 0 Å². The van der Waals surface area contributed by atoms with Crippen LogP contribution in [0.1, 0.15) is 59.9 Å². The van der Waals surface area contributed by atoms with Gasteiger partial charge in [0.1, 0.15) is 5.69 Å². The van der Waals surface area contributed by atoms with Crippen molar-refractivity contribution in [3.63, 3.8) is 0 Å². The van der Waals surface area contributed by atoms with E-state index in [4.69, 9.17) is 5.11 Å². The average molecular weight is 249 g/mol. The zero-order chi connectivity index (χ0) is 13.3. The van der Waals surface area contributed by atoms with Gasteiger partial charge in [0.15, 0.2) is 5.78 Å². The summed E-state index contributed by atoms with van der Waals surface area (Å²) in [6.07, 6.45) is 6.53. The molecule has 0 unspecified atom stereocenters. The number of rotatable bonds is 4. The van der Waals surface area contributed by atoms with Gasteiger partial charge in [-0.2, -0.15) is 0 Å². The summed E-state index contributed by atoms with van der Waals surface area (Å²) in [7, 11) is 1.66. The molecule has 1 N–H and O–H groups in total. The van der Waals surface area contributed by atoms with E-state index in [1.54, 1.807) is 13.2 Å². The van der Waals surface area contributed by atoms with E-state index >= 15 is 0 Å². The molecule has 0 saturated heterocycles. The van der Waals surface area contributed by atoms with Crippen molar-refractivity contribution in [1.82, 2.24) is 4.57 Å². The first-order chi connectivity index (χ1) is 8.50. The second kappa shape index (κ2) is 4.59. The predicted molar refractivity (Wildman–Crippen MR) is 67.9 cm³/mol. The van der Waals surface area contributed by atoms with Crippen LogP contribution in [0.5, 0.6) is 0 Å². The Morgan fingerprint density at radius 2 is 2.00 bits per heavy atom. The molecule has 1 aromatic heterocycles. The minimum atomic E-state index is -0.992. The number of aromatic carboxylic acids is 1. The normalized spacial score (nSPS) is 17.9. The standard InChI is InChI=1S/C14H19NO3/c1-3-14(6-4-5-7-14)12(16)10-8-11(13(17)18)15(2)9-10/h8-9H,3-7H2,1-2H3,(H,17,18). The largest absolute Gasteiger partial charge is 0.477 e. The average Bonchev–Trinajstić information content (AvgIpc) is 2.95.